The number of hydrogen-bond acceptors (Lipinski definition) is 7. The van der Waals surface area contributed by atoms with Crippen molar-refractivity contribution in [1.82, 2.24) is 29.9 Å². The van der Waals surface area contributed by atoms with Gasteiger partial charge in [-0.25, -0.2) is 9.97 Å². The zero-order valence-corrected chi connectivity index (χ0v) is 16.9. The summed E-state index contributed by atoms with van der Waals surface area (Å²) in [6.07, 6.45) is 7.01. The van der Waals surface area contributed by atoms with Crippen molar-refractivity contribution in [2.24, 2.45) is 13.0 Å². The number of anilines is 1. The molecule has 3 heterocycles. The first-order valence-corrected chi connectivity index (χ1v) is 9.39. The quantitative estimate of drug-likeness (QED) is 0.556. The highest BCUT2D eigenvalue weighted by atomic mass is 16.5. The fraction of sp³-hybridized carbons (Fsp3) is 0.286. The van der Waals surface area contributed by atoms with Gasteiger partial charge in [-0.1, -0.05) is 43.3 Å². The van der Waals surface area contributed by atoms with E-state index in [1.165, 1.54) is 0 Å². The van der Waals surface area contributed by atoms with E-state index in [1.807, 2.05) is 25.4 Å². The van der Waals surface area contributed by atoms with E-state index in [-0.39, 0.29) is 11.9 Å². The molecule has 8 nitrogen and oxygen atoms in total. The molecule has 2 N–H and O–H groups in total. The minimum Gasteiger partial charge on any atom is -0.368 e. The largest absolute Gasteiger partial charge is 0.368 e. The number of aromatic nitrogens is 6. The first-order chi connectivity index (χ1) is 13.9. The molecule has 0 amide bonds. The lowest BCUT2D eigenvalue weighted by Crippen LogP contribution is -2.31. The highest BCUT2D eigenvalue weighted by molar-refractivity contribution is 5.62. The maximum atomic E-state index is 5.58. The van der Waals surface area contributed by atoms with Crippen molar-refractivity contribution in [1.29, 1.82) is 0 Å². The smallest absolute Gasteiger partial charge is 0.261 e. The molecule has 0 spiro atoms. The van der Waals surface area contributed by atoms with Crippen molar-refractivity contribution >= 4 is 5.95 Å². The lowest BCUT2D eigenvalue weighted by Gasteiger charge is -2.31. The van der Waals surface area contributed by atoms with Crippen molar-refractivity contribution in [3.8, 4) is 22.6 Å². The van der Waals surface area contributed by atoms with Crippen molar-refractivity contribution in [2.75, 3.05) is 5.73 Å². The molecule has 4 rings (SSSR count). The fourth-order valence-electron chi connectivity index (χ4n) is 3.30. The van der Waals surface area contributed by atoms with Gasteiger partial charge in [0.05, 0.1) is 17.2 Å². The van der Waals surface area contributed by atoms with Crippen LogP contribution in [0.25, 0.3) is 22.6 Å². The monoisotopic (exact) mass is 389 g/mol. The van der Waals surface area contributed by atoms with Crippen LogP contribution in [0.4, 0.5) is 5.95 Å². The predicted octanol–water partition coefficient (Wildman–Crippen LogP) is 3.47. The van der Waals surface area contributed by atoms with Crippen LogP contribution in [-0.2, 0) is 12.5 Å². The van der Waals surface area contributed by atoms with E-state index in [1.54, 1.807) is 23.3 Å². The van der Waals surface area contributed by atoms with Crippen molar-refractivity contribution < 1.29 is 4.52 Å². The molecule has 4 aromatic rings. The Labute approximate surface area is 168 Å². The second kappa shape index (κ2) is 7.12. The number of nitrogens with zero attached hydrogens (tertiary/aromatic N) is 6. The zero-order valence-electron chi connectivity index (χ0n) is 16.9. The van der Waals surface area contributed by atoms with E-state index < -0.39 is 5.41 Å². The normalized spacial score (nSPS) is 13.6. The summed E-state index contributed by atoms with van der Waals surface area (Å²) in [4.78, 5) is 12.8. The molecule has 0 saturated carbocycles. The Morgan fingerprint density at radius 2 is 1.69 bits per heavy atom. The van der Waals surface area contributed by atoms with E-state index >= 15 is 0 Å². The van der Waals surface area contributed by atoms with Gasteiger partial charge in [0.1, 0.15) is 0 Å². The summed E-state index contributed by atoms with van der Waals surface area (Å²) >= 11 is 0. The molecule has 0 fully saturated rings. The van der Waals surface area contributed by atoms with Crippen LogP contribution < -0.4 is 5.73 Å². The van der Waals surface area contributed by atoms with Crippen molar-refractivity contribution in [2.45, 2.75) is 26.2 Å². The molecule has 1 atom stereocenters. The van der Waals surface area contributed by atoms with E-state index in [0.717, 1.165) is 22.3 Å². The van der Waals surface area contributed by atoms with Crippen LogP contribution in [0.1, 0.15) is 32.2 Å². The van der Waals surface area contributed by atoms with Crippen molar-refractivity contribution in [3.05, 3.63) is 60.4 Å². The van der Waals surface area contributed by atoms with Gasteiger partial charge >= 0.3 is 0 Å². The van der Waals surface area contributed by atoms with E-state index in [4.69, 9.17) is 10.3 Å². The number of rotatable bonds is 5. The van der Waals surface area contributed by atoms with Crippen LogP contribution in [0.5, 0.6) is 0 Å². The molecular weight excluding hydrogens is 366 g/mol. The summed E-state index contributed by atoms with van der Waals surface area (Å²) in [6, 6.07) is 8.28. The second-order valence-electron chi connectivity index (χ2n) is 7.59. The van der Waals surface area contributed by atoms with Gasteiger partial charge in [-0.2, -0.15) is 10.1 Å². The summed E-state index contributed by atoms with van der Waals surface area (Å²) in [5.41, 5.74) is 9.00. The molecule has 0 aliphatic carbocycles. The number of nitrogen functional groups attached to an aromatic ring is 1. The Morgan fingerprint density at radius 1 is 1.00 bits per heavy atom. The van der Waals surface area contributed by atoms with E-state index in [9.17, 15) is 0 Å². The summed E-state index contributed by atoms with van der Waals surface area (Å²) in [6.45, 7) is 6.44. The third kappa shape index (κ3) is 3.37. The lowest BCUT2D eigenvalue weighted by atomic mass is 9.72. The maximum Gasteiger partial charge on any atom is 0.261 e. The van der Waals surface area contributed by atoms with Gasteiger partial charge in [-0.05, 0) is 24.0 Å². The standard InChI is InChI=1S/C21H23N7O/c1-13(2)21(3,19-26-18(29-27-19)16-11-25-28(4)12-16)17-7-5-14(6-8-17)15-9-23-20(22)24-10-15/h5-13H,1-4H3,(H2,22,23,24)/t21-/m1/s1. The number of hydrogen-bond donors (Lipinski definition) is 1. The average molecular weight is 389 g/mol. The number of benzene rings is 1. The van der Waals surface area contributed by atoms with E-state index in [2.05, 4.69) is 58.1 Å². The van der Waals surface area contributed by atoms with Crippen molar-refractivity contribution in [3.63, 3.8) is 0 Å². The van der Waals surface area contributed by atoms with Crippen LogP contribution in [0, 0.1) is 5.92 Å². The molecule has 0 aliphatic rings. The summed E-state index contributed by atoms with van der Waals surface area (Å²) < 4.78 is 7.25. The highest BCUT2D eigenvalue weighted by Crippen LogP contribution is 2.38. The average Bonchev–Trinajstić information content (AvgIpc) is 3.37. The molecule has 0 bridgehead atoms. The minimum atomic E-state index is -0.417. The van der Waals surface area contributed by atoms with Gasteiger partial charge in [0.25, 0.3) is 5.89 Å². The van der Waals surface area contributed by atoms with E-state index in [0.29, 0.717) is 11.7 Å². The lowest BCUT2D eigenvalue weighted by molar-refractivity contribution is 0.351. The Hall–Kier alpha value is -3.55. The fourth-order valence-corrected chi connectivity index (χ4v) is 3.30. The Kier molecular flexibility index (Phi) is 4.62. The molecule has 8 heteroatoms. The van der Waals surface area contributed by atoms with Gasteiger partial charge in [0.15, 0.2) is 5.82 Å². The predicted molar refractivity (Wildman–Crippen MR) is 110 cm³/mol. The molecule has 0 saturated heterocycles. The summed E-state index contributed by atoms with van der Waals surface area (Å²) in [5.74, 6) is 1.62. The van der Waals surface area contributed by atoms with Gasteiger partial charge in [0.2, 0.25) is 5.95 Å². The van der Waals surface area contributed by atoms with Gasteiger partial charge in [-0.3, -0.25) is 4.68 Å². The maximum absolute atomic E-state index is 5.58. The van der Waals surface area contributed by atoms with Gasteiger partial charge in [0, 0.05) is 31.2 Å². The number of nitrogens with two attached hydrogens (primary N) is 1. The molecular formula is C21H23N7O. The summed E-state index contributed by atoms with van der Waals surface area (Å²) in [7, 11) is 1.85. The summed E-state index contributed by atoms with van der Waals surface area (Å²) in [5, 5.41) is 8.48. The molecule has 1 aromatic carbocycles. The molecule has 148 valence electrons. The van der Waals surface area contributed by atoms with Crippen LogP contribution in [0.2, 0.25) is 0 Å². The van der Waals surface area contributed by atoms with Crippen LogP contribution in [0.3, 0.4) is 0 Å². The highest BCUT2D eigenvalue weighted by Gasteiger charge is 2.37. The number of aryl methyl sites for hydroxylation is 1. The minimum absolute atomic E-state index is 0.243. The first kappa shape index (κ1) is 18.8. The molecule has 0 aliphatic heterocycles. The van der Waals surface area contributed by atoms with Crippen LogP contribution in [0.15, 0.2) is 53.6 Å². The van der Waals surface area contributed by atoms with Crippen LogP contribution >= 0.6 is 0 Å². The Balaban J connectivity index is 1.70. The molecule has 0 unspecified atom stereocenters. The second-order valence-corrected chi connectivity index (χ2v) is 7.59. The van der Waals surface area contributed by atoms with Crippen LogP contribution in [-0.4, -0.2) is 29.9 Å². The molecule has 29 heavy (non-hydrogen) atoms. The zero-order chi connectivity index (χ0) is 20.6. The Morgan fingerprint density at radius 3 is 2.28 bits per heavy atom. The third-order valence-corrected chi connectivity index (χ3v) is 5.49. The van der Waals surface area contributed by atoms with Gasteiger partial charge < -0.3 is 10.3 Å². The topological polar surface area (TPSA) is 109 Å². The Bertz CT molecular complexity index is 1110. The third-order valence-electron chi connectivity index (χ3n) is 5.49. The molecule has 0 radical (unpaired) electrons. The first-order valence-electron chi connectivity index (χ1n) is 9.39. The van der Waals surface area contributed by atoms with Gasteiger partial charge in [-0.15, -0.1) is 0 Å². The molecule has 3 aromatic heterocycles. The SMILES string of the molecule is CC(C)[C@](C)(c1ccc(-c2cnc(N)nc2)cc1)c1noc(-c2cnn(C)c2)n1.